The second-order valence-corrected chi connectivity index (χ2v) is 34.5. The Morgan fingerprint density at radius 3 is 0.841 bits per heavy atom. The van der Waals surface area contributed by atoms with Crippen LogP contribution in [0.4, 0.5) is 0 Å². The highest BCUT2D eigenvalue weighted by atomic mass is 15.1. The van der Waals surface area contributed by atoms with E-state index in [4.69, 9.17) is 54.8 Å². The topological polar surface area (TPSA) is 155 Å². The molecule has 0 radical (unpaired) electrons. The maximum atomic E-state index is 5.03. The first-order valence-corrected chi connectivity index (χ1v) is 46.2. The zero-order valence-electron chi connectivity index (χ0n) is 74.4. The van der Waals surface area contributed by atoms with E-state index in [9.17, 15) is 0 Å². The molecule has 0 aliphatic rings. The summed E-state index contributed by atoms with van der Waals surface area (Å²) in [5, 5.41) is 29.8. The minimum atomic E-state index is 0.549. The Balaban J connectivity index is 0.000000110. The third-order valence-electron chi connectivity index (χ3n) is 26.2. The molecule has 0 aliphatic heterocycles. The van der Waals surface area contributed by atoms with Crippen molar-refractivity contribution in [2.24, 2.45) is 0 Å². The van der Waals surface area contributed by atoms with Gasteiger partial charge in [0.1, 0.15) is 5.69 Å². The molecule has 27 aromatic rings. The molecule has 642 valence electrons. The van der Waals surface area contributed by atoms with Crippen LogP contribution in [0.3, 0.4) is 0 Å². The monoisotopic (exact) mass is 1760 g/mol. The quantitative estimate of drug-likeness (QED) is 0.107. The van der Waals surface area contributed by atoms with Crippen molar-refractivity contribution >= 4 is 129 Å². The van der Waals surface area contributed by atoms with Gasteiger partial charge >= 0.3 is 0 Å². The fourth-order valence-electron chi connectivity index (χ4n) is 19.6. The first-order valence-electron chi connectivity index (χ1n) is 46.2. The zero-order chi connectivity index (χ0) is 91.4. The third kappa shape index (κ3) is 15.2. The Morgan fingerprint density at radius 2 is 0.406 bits per heavy atom. The molecule has 6 aromatic heterocycles. The van der Waals surface area contributed by atoms with Gasteiger partial charge in [-0.25, -0.2) is 44.9 Å². The first kappa shape index (κ1) is 81.2. The van der Waals surface area contributed by atoms with Gasteiger partial charge in [0, 0.05) is 74.2 Å². The molecule has 0 N–H and O–H groups in total. The number of pyridine rings is 3. The van der Waals surface area contributed by atoms with Crippen molar-refractivity contribution in [2.75, 3.05) is 0 Å². The van der Waals surface area contributed by atoms with Crippen molar-refractivity contribution in [2.45, 2.75) is 0 Å². The van der Waals surface area contributed by atoms with E-state index in [-0.39, 0.29) is 0 Å². The van der Waals surface area contributed by atoms with E-state index in [0.717, 1.165) is 72.6 Å². The maximum Gasteiger partial charge on any atom is 0.182 e. The number of aromatic nitrogens is 12. The summed E-state index contributed by atoms with van der Waals surface area (Å²) < 4.78 is 0. The van der Waals surface area contributed by atoms with E-state index in [0.29, 0.717) is 58.1 Å². The molecule has 12 heteroatoms. The molecule has 0 fully saturated rings. The van der Waals surface area contributed by atoms with Gasteiger partial charge in [0.05, 0.1) is 11.4 Å². The lowest BCUT2D eigenvalue weighted by Crippen LogP contribution is -2.01. The van der Waals surface area contributed by atoms with Crippen LogP contribution in [0.5, 0.6) is 0 Å². The summed E-state index contributed by atoms with van der Waals surface area (Å²) in [6.07, 6.45) is 5.52. The molecular formula is C126H78N12. The Bertz CT molecular complexity index is 8880. The molecule has 6 heterocycles. The Morgan fingerprint density at radius 1 is 0.123 bits per heavy atom. The van der Waals surface area contributed by atoms with Crippen LogP contribution < -0.4 is 0 Å². The first-order chi connectivity index (χ1) is 68.4. The molecule has 138 heavy (non-hydrogen) atoms. The third-order valence-corrected chi connectivity index (χ3v) is 26.2. The van der Waals surface area contributed by atoms with Crippen LogP contribution in [0.15, 0.2) is 474 Å². The molecule has 0 aliphatic carbocycles. The van der Waals surface area contributed by atoms with Crippen LogP contribution in [-0.4, -0.2) is 59.8 Å². The van der Waals surface area contributed by atoms with Crippen LogP contribution >= 0.6 is 0 Å². The van der Waals surface area contributed by atoms with Crippen molar-refractivity contribution in [3.8, 4) is 136 Å². The SMILES string of the molecule is c1ccc(-c2nc(-c3ccc(-c4cc5ccccc5c5c4ccc4c6ccccc6ccc45)cc3)nc(-c3ccccn3)n2)cc1.c1ccc(-c2nc(-c3ccccc3)nc(-c3ccc(-c4cc5c(ccc6ccc7ccccc7c65)c5ccccc45)nc3)n2)cc1.c1ccc(-c2nc(-c3ccccc3)nc(-c3ccc(-c4cc5ccccc5c5c4ccc4c6ccccc6ccc45)nc3)n2)cc1. The second kappa shape index (κ2) is 35.1. The van der Waals surface area contributed by atoms with Crippen LogP contribution in [-0.2, 0) is 0 Å². The molecule has 0 spiro atoms. The highest BCUT2D eigenvalue weighted by Gasteiger charge is 2.23. The molecule has 12 nitrogen and oxygen atoms in total. The van der Waals surface area contributed by atoms with E-state index in [1.807, 2.05) is 182 Å². The predicted octanol–water partition coefficient (Wildman–Crippen LogP) is 31.6. The molecule has 21 aromatic carbocycles. The van der Waals surface area contributed by atoms with E-state index >= 15 is 0 Å². The van der Waals surface area contributed by atoms with Crippen LogP contribution in [0.2, 0.25) is 0 Å². The van der Waals surface area contributed by atoms with Crippen molar-refractivity contribution < 1.29 is 0 Å². The van der Waals surface area contributed by atoms with Gasteiger partial charge in [-0.2, -0.15) is 0 Å². The van der Waals surface area contributed by atoms with Crippen LogP contribution in [0.25, 0.3) is 266 Å². The summed E-state index contributed by atoms with van der Waals surface area (Å²) in [5.41, 5.74) is 14.3. The molecule has 0 atom stereocenters. The van der Waals surface area contributed by atoms with Gasteiger partial charge in [-0.15, -0.1) is 0 Å². The highest BCUT2D eigenvalue weighted by molar-refractivity contribution is 6.30. The molecule has 0 bridgehead atoms. The van der Waals surface area contributed by atoms with Gasteiger partial charge in [-0.05, 0) is 195 Å². The Labute approximate surface area is 793 Å². The normalized spacial score (nSPS) is 11.5. The number of hydrogen-bond donors (Lipinski definition) is 0. The second-order valence-electron chi connectivity index (χ2n) is 34.5. The van der Waals surface area contributed by atoms with E-state index in [2.05, 4.69) is 290 Å². The summed E-state index contributed by atoms with van der Waals surface area (Å²) in [5.74, 6) is 5.50. The van der Waals surface area contributed by atoms with Crippen LogP contribution in [0.1, 0.15) is 0 Å². The molecule has 0 unspecified atom stereocenters. The summed E-state index contributed by atoms with van der Waals surface area (Å²) in [7, 11) is 0. The van der Waals surface area contributed by atoms with Gasteiger partial charge in [-0.1, -0.05) is 400 Å². The lowest BCUT2D eigenvalue weighted by Gasteiger charge is -2.15. The minimum Gasteiger partial charge on any atom is -0.255 e. The largest absolute Gasteiger partial charge is 0.255 e. The lowest BCUT2D eigenvalue weighted by atomic mass is 9.89. The van der Waals surface area contributed by atoms with Crippen molar-refractivity contribution in [1.29, 1.82) is 0 Å². The Hall–Kier alpha value is -18.8. The number of hydrogen-bond acceptors (Lipinski definition) is 12. The summed E-state index contributed by atoms with van der Waals surface area (Å²) in [4.78, 5) is 58.3. The minimum absolute atomic E-state index is 0.549. The van der Waals surface area contributed by atoms with Crippen molar-refractivity contribution in [3.05, 3.63) is 474 Å². The summed E-state index contributed by atoms with van der Waals surface area (Å²) in [6, 6.07) is 158. The molecule has 0 saturated heterocycles. The predicted molar refractivity (Wildman–Crippen MR) is 568 cm³/mol. The van der Waals surface area contributed by atoms with Gasteiger partial charge in [0.2, 0.25) is 0 Å². The number of fused-ring (bicyclic) bond motifs is 21. The molecule has 0 amide bonds. The summed E-state index contributed by atoms with van der Waals surface area (Å²) in [6.45, 7) is 0. The average molecular weight is 1760 g/mol. The molecular weight excluding hydrogens is 1680 g/mol. The standard InChI is InChI=1S/3C42H26N4/c1-3-12-28(13-4-1)40-44-41(29-14-5-2-6-15-29)46-42(45-40)31-20-24-38(43-26-31)37-25-30-16-8-10-18-33(30)39-35-21-19-27-11-7-9-17-32(27)34(35)22-23-36(37)39;1-3-12-29(13-4-1)40-44-41(30-14-5-2-6-15-30)46-42(45-40)31-22-24-38(43-26-31)36-25-37-35(33-17-9-10-18-34(33)36)23-21-28-20-19-27-11-7-8-16-32(27)39(28)37;1-2-11-29(12-3-1)40-44-41(46-42(45-40)38-16-8-9-25-43-38)30-19-17-28(18-20-30)37-26-31-13-5-7-15-33(31)39-35-22-21-27-10-4-6-14-32(27)34(35)23-24-36(37)39/h3*1-26H. The van der Waals surface area contributed by atoms with E-state index in [1.165, 1.54) is 135 Å². The van der Waals surface area contributed by atoms with Gasteiger partial charge < -0.3 is 0 Å². The lowest BCUT2D eigenvalue weighted by molar-refractivity contribution is 1.06. The smallest absolute Gasteiger partial charge is 0.182 e. The van der Waals surface area contributed by atoms with Gasteiger partial charge in [0.25, 0.3) is 0 Å². The molecule has 27 rings (SSSR count). The van der Waals surface area contributed by atoms with Crippen molar-refractivity contribution in [3.63, 3.8) is 0 Å². The zero-order valence-corrected chi connectivity index (χ0v) is 74.4. The fourth-order valence-corrected chi connectivity index (χ4v) is 19.6. The summed E-state index contributed by atoms with van der Waals surface area (Å²) >= 11 is 0. The number of nitrogens with zero attached hydrogens (tertiary/aromatic N) is 12. The Kier molecular flexibility index (Phi) is 20.6. The van der Waals surface area contributed by atoms with Crippen molar-refractivity contribution in [1.82, 2.24) is 59.8 Å². The van der Waals surface area contributed by atoms with E-state index < -0.39 is 0 Å². The highest BCUT2D eigenvalue weighted by Crippen LogP contribution is 2.46. The number of rotatable bonds is 12. The number of benzene rings is 21. The van der Waals surface area contributed by atoms with E-state index in [1.54, 1.807) is 6.20 Å². The fraction of sp³-hybridized carbons (Fsp3) is 0. The van der Waals surface area contributed by atoms with Gasteiger partial charge in [-0.3, -0.25) is 15.0 Å². The maximum absolute atomic E-state index is 5.03. The van der Waals surface area contributed by atoms with Crippen LogP contribution in [0, 0.1) is 0 Å². The van der Waals surface area contributed by atoms with Gasteiger partial charge in [0.15, 0.2) is 52.4 Å². The molecule has 0 saturated carbocycles. The average Bonchev–Trinajstić information content (AvgIpc) is 0.744.